The molecule has 0 aliphatic carbocycles. The second-order valence-electron chi connectivity index (χ2n) is 5.65. The average Bonchev–Trinajstić information content (AvgIpc) is 2.94. The highest BCUT2D eigenvalue weighted by molar-refractivity contribution is 5.81. The molecule has 0 spiro atoms. The monoisotopic (exact) mass is 288 g/mol. The van der Waals surface area contributed by atoms with Crippen LogP contribution in [-0.4, -0.2) is 48.0 Å². The van der Waals surface area contributed by atoms with Gasteiger partial charge in [-0.3, -0.25) is 4.79 Å². The van der Waals surface area contributed by atoms with Gasteiger partial charge in [0.25, 0.3) is 0 Å². The van der Waals surface area contributed by atoms with E-state index in [9.17, 15) is 9.59 Å². The fourth-order valence-corrected chi connectivity index (χ4v) is 2.73. The van der Waals surface area contributed by atoms with Crippen LogP contribution in [0.1, 0.15) is 18.4 Å². The lowest BCUT2D eigenvalue weighted by Crippen LogP contribution is -2.46. The number of nitrogens with zero attached hydrogens (tertiary/aromatic N) is 2. The number of carbonyl (C=O) groups excluding carboxylic acids is 2. The molecule has 2 fully saturated rings. The summed E-state index contributed by atoms with van der Waals surface area (Å²) in [6, 6.07) is 9.61. The molecule has 0 radical (unpaired) electrons. The van der Waals surface area contributed by atoms with Crippen LogP contribution in [0.15, 0.2) is 30.3 Å². The molecule has 2 saturated heterocycles. The lowest BCUT2D eigenvalue weighted by molar-refractivity contribution is -0.138. The van der Waals surface area contributed by atoms with Crippen molar-refractivity contribution < 1.29 is 14.3 Å². The first-order valence-electron chi connectivity index (χ1n) is 7.48. The third-order valence-corrected chi connectivity index (χ3v) is 4.17. The minimum atomic E-state index is -0.322. The van der Waals surface area contributed by atoms with E-state index in [0.29, 0.717) is 13.1 Å². The molecule has 21 heavy (non-hydrogen) atoms. The van der Waals surface area contributed by atoms with Gasteiger partial charge in [0.2, 0.25) is 5.91 Å². The van der Waals surface area contributed by atoms with Gasteiger partial charge in [0.05, 0.1) is 5.92 Å². The zero-order valence-electron chi connectivity index (χ0n) is 12.0. The number of rotatable bonds is 3. The molecule has 1 aromatic carbocycles. The molecular formula is C16H20N2O3. The van der Waals surface area contributed by atoms with E-state index in [1.165, 1.54) is 0 Å². The molecular weight excluding hydrogens is 268 g/mol. The van der Waals surface area contributed by atoms with Crippen molar-refractivity contribution >= 4 is 12.0 Å². The largest absolute Gasteiger partial charge is 0.445 e. The van der Waals surface area contributed by atoms with E-state index in [-0.39, 0.29) is 24.5 Å². The highest BCUT2D eigenvalue weighted by Gasteiger charge is 2.35. The average molecular weight is 288 g/mol. The topological polar surface area (TPSA) is 49.9 Å². The summed E-state index contributed by atoms with van der Waals surface area (Å²) >= 11 is 0. The molecule has 2 heterocycles. The van der Waals surface area contributed by atoms with Crippen molar-refractivity contribution in [2.24, 2.45) is 5.92 Å². The summed E-state index contributed by atoms with van der Waals surface area (Å²) in [4.78, 5) is 27.7. The normalized spacial score (nSPS) is 21.0. The van der Waals surface area contributed by atoms with Gasteiger partial charge in [-0.15, -0.1) is 0 Å². The quantitative estimate of drug-likeness (QED) is 0.853. The molecule has 2 aliphatic rings. The van der Waals surface area contributed by atoms with E-state index < -0.39 is 0 Å². The van der Waals surface area contributed by atoms with Crippen molar-refractivity contribution in [2.45, 2.75) is 19.4 Å². The molecule has 5 heteroatoms. The highest BCUT2D eigenvalue weighted by Crippen LogP contribution is 2.22. The van der Waals surface area contributed by atoms with Gasteiger partial charge >= 0.3 is 6.09 Å². The summed E-state index contributed by atoms with van der Waals surface area (Å²) in [6.45, 7) is 3.11. The number of likely N-dealkylation sites (tertiary alicyclic amines) is 2. The minimum absolute atomic E-state index is 0.0467. The van der Waals surface area contributed by atoms with E-state index >= 15 is 0 Å². The maximum atomic E-state index is 12.1. The lowest BCUT2D eigenvalue weighted by atomic mass is 10.1. The predicted octanol–water partition coefficient (Wildman–Crippen LogP) is 1.88. The van der Waals surface area contributed by atoms with Crippen LogP contribution in [-0.2, 0) is 16.1 Å². The summed E-state index contributed by atoms with van der Waals surface area (Å²) < 4.78 is 5.30. The lowest BCUT2D eigenvalue weighted by Gasteiger charge is -2.33. The van der Waals surface area contributed by atoms with Gasteiger partial charge in [-0.05, 0) is 18.4 Å². The van der Waals surface area contributed by atoms with E-state index in [0.717, 1.165) is 31.5 Å². The second-order valence-corrected chi connectivity index (χ2v) is 5.65. The Hall–Kier alpha value is -2.04. The van der Waals surface area contributed by atoms with Crippen molar-refractivity contribution in [3.8, 4) is 0 Å². The zero-order chi connectivity index (χ0) is 14.7. The summed E-state index contributed by atoms with van der Waals surface area (Å²) in [5, 5.41) is 0. The number of carbonyl (C=O) groups is 2. The first-order chi connectivity index (χ1) is 10.2. The molecule has 0 aromatic heterocycles. The minimum Gasteiger partial charge on any atom is -0.445 e. The summed E-state index contributed by atoms with van der Waals surface area (Å²) in [5.41, 5.74) is 0.971. The van der Waals surface area contributed by atoms with Crippen LogP contribution in [0.5, 0.6) is 0 Å². The molecule has 1 aromatic rings. The van der Waals surface area contributed by atoms with Crippen LogP contribution >= 0.6 is 0 Å². The van der Waals surface area contributed by atoms with Crippen LogP contribution in [0.25, 0.3) is 0 Å². The first-order valence-corrected chi connectivity index (χ1v) is 7.48. The third kappa shape index (κ3) is 3.17. The SMILES string of the molecule is O=C(OCc1ccccc1)N1CCC(C(=O)N2CCC2)C1. The van der Waals surface area contributed by atoms with Crippen LogP contribution in [0.3, 0.4) is 0 Å². The molecule has 5 nitrogen and oxygen atoms in total. The van der Waals surface area contributed by atoms with Crippen LogP contribution < -0.4 is 0 Å². The van der Waals surface area contributed by atoms with E-state index in [4.69, 9.17) is 4.74 Å². The smallest absolute Gasteiger partial charge is 0.410 e. The van der Waals surface area contributed by atoms with Gasteiger partial charge in [0.15, 0.2) is 0 Å². The van der Waals surface area contributed by atoms with Crippen LogP contribution in [0, 0.1) is 5.92 Å². The maximum absolute atomic E-state index is 12.1. The molecule has 112 valence electrons. The fourth-order valence-electron chi connectivity index (χ4n) is 2.73. The number of hydrogen-bond acceptors (Lipinski definition) is 3. The molecule has 0 N–H and O–H groups in total. The zero-order valence-corrected chi connectivity index (χ0v) is 12.0. The number of benzene rings is 1. The van der Waals surface area contributed by atoms with Gasteiger partial charge in [-0.1, -0.05) is 30.3 Å². The Morgan fingerprint density at radius 1 is 1.10 bits per heavy atom. The molecule has 1 unspecified atom stereocenters. The van der Waals surface area contributed by atoms with Crippen LogP contribution in [0.2, 0.25) is 0 Å². The fraction of sp³-hybridized carbons (Fsp3) is 0.500. The molecule has 0 bridgehead atoms. The van der Waals surface area contributed by atoms with Gasteiger partial charge in [-0.2, -0.15) is 0 Å². The Bertz CT molecular complexity index is 514. The maximum Gasteiger partial charge on any atom is 0.410 e. The Balaban J connectivity index is 1.46. The summed E-state index contributed by atoms with van der Waals surface area (Å²) in [6.07, 6.45) is 1.52. The van der Waals surface area contributed by atoms with E-state index in [2.05, 4.69) is 0 Å². The standard InChI is InChI=1S/C16H20N2O3/c19-15(17-8-4-9-17)14-7-10-18(11-14)16(20)21-12-13-5-2-1-3-6-13/h1-3,5-6,14H,4,7-12H2. The Kier molecular flexibility index (Phi) is 4.08. The summed E-state index contributed by atoms with van der Waals surface area (Å²) in [5.74, 6) is 0.147. The third-order valence-electron chi connectivity index (χ3n) is 4.17. The first kappa shape index (κ1) is 13.9. The Morgan fingerprint density at radius 2 is 1.86 bits per heavy atom. The second kappa shape index (κ2) is 6.16. The van der Waals surface area contributed by atoms with E-state index in [1.54, 1.807) is 4.90 Å². The molecule has 1 atom stereocenters. The van der Waals surface area contributed by atoms with E-state index in [1.807, 2.05) is 35.2 Å². The van der Waals surface area contributed by atoms with Crippen molar-refractivity contribution in [2.75, 3.05) is 26.2 Å². The Labute approximate surface area is 124 Å². The molecule has 2 aliphatic heterocycles. The van der Waals surface area contributed by atoms with Gasteiger partial charge < -0.3 is 14.5 Å². The van der Waals surface area contributed by atoms with Crippen LogP contribution in [0.4, 0.5) is 4.79 Å². The molecule has 0 saturated carbocycles. The van der Waals surface area contributed by atoms with Gasteiger partial charge in [0, 0.05) is 26.2 Å². The summed E-state index contributed by atoms with van der Waals surface area (Å²) in [7, 11) is 0. The Morgan fingerprint density at radius 3 is 2.52 bits per heavy atom. The number of amides is 2. The van der Waals surface area contributed by atoms with Crippen molar-refractivity contribution in [3.05, 3.63) is 35.9 Å². The predicted molar refractivity (Wildman–Crippen MR) is 77.5 cm³/mol. The molecule has 3 rings (SSSR count). The van der Waals surface area contributed by atoms with Crippen molar-refractivity contribution in [3.63, 3.8) is 0 Å². The number of hydrogen-bond donors (Lipinski definition) is 0. The van der Waals surface area contributed by atoms with Gasteiger partial charge in [-0.25, -0.2) is 4.79 Å². The number of ether oxygens (including phenoxy) is 1. The van der Waals surface area contributed by atoms with Crippen molar-refractivity contribution in [1.82, 2.24) is 9.80 Å². The van der Waals surface area contributed by atoms with Gasteiger partial charge in [0.1, 0.15) is 6.61 Å². The molecule has 2 amide bonds. The van der Waals surface area contributed by atoms with Crippen molar-refractivity contribution in [1.29, 1.82) is 0 Å². The highest BCUT2D eigenvalue weighted by atomic mass is 16.6.